The van der Waals surface area contributed by atoms with Crippen molar-refractivity contribution in [3.8, 4) is 0 Å². The normalized spacial score (nSPS) is 16.8. The van der Waals surface area contributed by atoms with E-state index in [1.165, 1.54) is 5.56 Å². The zero-order valence-electron chi connectivity index (χ0n) is 17.0. The van der Waals surface area contributed by atoms with Crippen LogP contribution in [-0.2, 0) is 18.3 Å². The van der Waals surface area contributed by atoms with E-state index >= 15 is 0 Å². The number of carbonyl (C=O) groups is 1. The molecule has 0 radical (unpaired) electrons. The van der Waals surface area contributed by atoms with Crippen LogP contribution < -0.4 is 5.32 Å². The highest BCUT2D eigenvalue weighted by molar-refractivity contribution is 5.89. The predicted molar refractivity (Wildman–Crippen MR) is 110 cm³/mol. The molecular weight excluding hydrogens is 368 g/mol. The average Bonchev–Trinajstić information content (AvgIpc) is 3.24. The molecule has 1 aliphatic heterocycles. The third-order valence-corrected chi connectivity index (χ3v) is 5.29. The summed E-state index contributed by atoms with van der Waals surface area (Å²) in [4.78, 5) is 14.8. The zero-order valence-corrected chi connectivity index (χ0v) is 17.0. The van der Waals surface area contributed by atoms with Crippen LogP contribution in [0.2, 0.25) is 0 Å². The van der Waals surface area contributed by atoms with Crippen molar-refractivity contribution in [1.82, 2.24) is 24.5 Å². The second-order valence-electron chi connectivity index (χ2n) is 7.34. The largest absolute Gasteiger partial charge is 0.377 e. The second-order valence-corrected chi connectivity index (χ2v) is 7.34. The molecule has 29 heavy (non-hydrogen) atoms. The maximum Gasteiger partial charge on any atom is 0.322 e. The van der Waals surface area contributed by atoms with Crippen LogP contribution in [-0.4, -0.2) is 50.3 Å². The molecule has 0 aliphatic carbocycles. The molecule has 2 amide bonds. The maximum absolute atomic E-state index is 13.0. The van der Waals surface area contributed by atoms with Crippen LogP contribution in [0.5, 0.6) is 0 Å². The minimum absolute atomic E-state index is 0.152. The zero-order chi connectivity index (χ0) is 20.4. The number of anilines is 1. The summed E-state index contributed by atoms with van der Waals surface area (Å²) in [6.07, 6.45) is 3.42. The molecule has 1 fully saturated rings. The highest BCUT2D eigenvalue weighted by atomic mass is 16.5. The summed E-state index contributed by atoms with van der Waals surface area (Å²) in [5, 5.41) is 11.8. The van der Waals surface area contributed by atoms with Gasteiger partial charge in [-0.05, 0) is 19.4 Å². The first-order valence-corrected chi connectivity index (χ1v) is 9.75. The van der Waals surface area contributed by atoms with E-state index in [1.807, 2.05) is 41.8 Å². The van der Waals surface area contributed by atoms with Crippen molar-refractivity contribution >= 4 is 11.7 Å². The van der Waals surface area contributed by atoms with Crippen LogP contribution in [0.15, 0.2) is 42.7 Å². The van der Waals surface area contributed by atoms with Gasteiger partial charge in [-0.2, -0.15) is 10.2 Å². The Bertz CT molecular complexity index is 994. The molecule has 1 atom stereocenters. The van der Waals surface area contributed by atoms with Crippen LogP contribution in [0, 0.1) is 13.8 Å². The van der Waals surface area contributed by atoms with E-state index in [4.69, 9.17) is 9.84 Å². The molecule has 0 saturated carbocycles. The van der Waals surface area contributed by atoms with Crippen LogP contribution in [0.3, 0.4) is 0 Å². The molecule has 8 heteroatoms. The molecule has 4 rings (SSSR count). The highest BCUT2D eigenvalue weighted by Gasteiger charge is 2.33. The standard InChI is InChI=1S/C21H26N6O2/c1-15-20(16(2)27(24-15)12-17-7-5-4-6-8-17)19-14-29-10-9-26(19)21(28)23-18-11-22-25(3)13-18/h4-8,11,13,19H,9-10,12,14H2,1-3H3,(H,23,28)/t19-/m1/s1. The smallest absolute Gasteiger partial charge is 0.322 e. The predicted octanol–water partition coefficient (Wildman–Crippen LogP) is 2.89. The van der Waals surface area contributed by atoms with Gasteiger partial charge in [0.05, 0.1) is 43.4 Å². The van der Waals surface area contributed by atoms with Gasteiger partial charge in [0.25, 0.3) is 0 Å². The van der Waals surface area contributed by atoms with Gasteiger partial charge in [0.2, 0.25) is 0 Å². The van der Waals surface area contributed by atoms with E-state index in [0.29, 0.717) is 32.0 Å². The fraction of sp³-hybridized carbons (Fsp3) is 0.381. The van der Waals surface area contributed by atoms with Gasteiger partial charge in [0.15, 0.2) is 0 Å². The summed E-state index contributed by atoms with van der Waals surface area (Å²) in [5.74, 6) is 0. The third kappa shape index (κ3) is 4.02. The minimum Gasteiger partial charge on any atom is -0.377 e. The Morgan fingerprint density at radius 3 is 2.79 bits per heavy atom. The van der Waals surface area contributed by atoms with E-state index in [-0.39, 0.29) is 12.1 Å². The number of hydrogen-bond donors (Lipinski definition) is 1. The quantitative estimate of drug-likeness (QED) is 0.738. The molecule has 0 spiro atoms. The van der Waals surface area contributed by atoms with E-state index in [2.05, 4.69) is 29.5 Å². The van der Waals surface area contributed by atoms with Gasteiger partial charge < -0.3 is 15.0 Å². The topological polar surface area (TPSA) is 77.2 Å². The Labute approximate surface area is 170 Å². The van der Waals surface area contributed by atoms with Crippen molar-refractivity contribution in [2.45, 2.75) is 26.4 Å². The minimum atomic E-state index is -0.176. The first-order valence-electron chi connectivity index (χ1n) is 9.75. The Morgan fingerprint density at radius 1 is 1.28 bits per heavy atom. The van der Waals surface area contributed by atoms with Crippen molar-refractivity contribution in [1.29, 1.82) is 0 Å². The van der Waals surface area contributed by atoms with E-state index in [0.717, 1.165) is 17.0 Å². The van der Waals surface area contributed by atoms with Gasteiger partial charge in [-0.1, -0.05) is 30.3 Å². The number of nitrogens with one attached hydrogen (secondary N) is 1. The SMILES string of the molecule is Cc1nn(Cc2ccccc2)c(C)c1[C@H]1COCCN1C(=O)Nc1cnn(C)c1. The number of aryl methyl sites for hydroxylation is 2. The summed E-state index contributed by atoms with van der Waals surface area (Å²) in [5.41, 5.74) is 4.91. The molecule has 3 aromatic rings. The fourth-order valence-corrected chi connectivity index (χ4v) is 3.87. The highest BCUT2D eigenvalue weighted by Crippen LogP contribution is 2.30. The van der Waals surface area contributed by atoms with Crippen LogP contribution in [0.4, 0.5) is 10.5 Å². The molecule has 1 saturated heterocycles. The molecule has 3 heterocycles. The Morgan fingerprint density at radius 2 is 2.07 bits per heavy atom. The molecular formula is C21H26N6O2. The lowest BCUT2D eigenvalue weighted by Crippen LogP contribution is -2.45. The maximum atomic E-state index is 13.0. The number of ether oxygens (including phenoxy) is 1. The molecule has 1 N–H and O–H groups in total. The van der Waals surface area contributed by atoms with Gasteiger partial charge in [0, 0.05) is 31.0 Å². The second kappa shape index (κ2) is 8.08. The van der Waals surface area contributed by atoms with Gasteiger partial charge in [-0.15, -0.1) is 0 Å². The van der Waals surface area contributed by atoms with Crippen LogP contribution in [0.1, 0.15) is 28.6 Å². The van der Waals surface area contributed by atoms with Gasteiger partial charge >= 0.3 is 6.03 Å². The van der Waals surface area contributed by atoms with Gasteiger partial charge in [-0.3, -0.25) is 9.36 Å². The van der Waals surface area contributed by atoms with E-state index < -0.39 is 0 Å². The summed E-state index contributed by atoms with van der Waals surface area (Å²) in [7, 11) is 1.82. The first-order chi connectivity index (χ1) is 14.0. The summed E-state index contributed by atoms with van der Waals surface area (Å²) in [6, 6.07) is 9.92. The van der Waals surface area contributed by atoms with Crippen LogP contribution in [0.25, 0.3) is 0 Å². The number of morpholine rings is 1. The molecule has 1 aliphatic rings. The van der Waals surface area contributed by atoms with Crippen molar-refractivity contribution in [2.75, 3.05) is 25.1 Å². The number of benzene rings is 1. The number of rotatable bonds is 4. The van der Waals surface area contributed by atoms with Crippen molar-refractivity contribution < 1.29 is 9.53 Å². The van der Waals surface area contributed by atoms with E-state index in [1.54, 1.807) is 17.1 Å². The Balaban J connectivity index is 1.58. The molecule has 152 valence electrons. The summed E-state index contributed by atoms with van der Waals surface area (Å²) >= 11 is 0. The number of amides is 2. The molecule has 0 unspecified atom stereocenters. The number of carbonyl (C=O) groups excluding carboxylic acids is 1. The lowest BCUT2D eigenvalue weighted by Gasteiger charge is -2.35. The van der Waals surface area contributed by atoms with Gasteiger partial charge in [-0.25, -0.2) is 4.79 Å². The first kappa shape index (κ1) is 19.2. The Hall–Kier alpha value is -3.13. The third-order valence-electron chi connectivity index (χ3n) is 5.29. The lowest BCUT2D eigenvalue weighted by atomic mass is 10.0. The average molecular weight is 394 g/mol. The molecule has 0 bridgehead atoms. The number of urea groups is 1. The fourth-order valence-electron chi connectivity index (χ4n) is 3.87. The van der Waals surface area contributed by atoms with Gasteiger partial charge in [0.1, 0.15) is 0 Å². The molecule has 8 nitrogen and oxygen atoms in total. The lowest BCUT2D eigenvalue weighted by molar-refractivity contribution is 0.0143. The van der Waals surface area contributed by atoms with Crippen molar-refractivity contribution in [2.24, 2.45) is 7.05 Å². The monoisotopic (exact) mass is 394 g/mol. The molecule has 2 aromatic heterocycles. The number of hydrogen-bond acceptors (Lipinski definition) is 4. The Kier molecular flexibility index (Phi) is 5.35. The summed E-state index contributed by atoms with van der Waals surface area (Å²) in [6.45, 7) is 6.26. The van der Waals surface area contributed by atoms with Crippen LogP contribution >= 0.6 is 0 Å². The van der Waals surface area contributed by atoms with Crippen molar-refractivity contribution in [3.05, 3.63) is 65.2 Å². The van der Waals surface area contributed by atoms with Crippen molar-refractivity contribution in [3.63, 3.8) is 0 Å². The van der Waals surface area contributed by atoms with E-state index in [9.17, 15) is 4.79 Å². The molecule has 1 aromatic carbocycles. The number of aromatic nitrogens is 4. The number of nitrogens with zero attached hydrogens (tertiary/aromatic N) is 5. The summed E-state index contributed by atoms with van der Waals surface area (Å²) < 4.78 is 9.40.